The van der Waals surface area contributed by atoms with Gasteiger partial charge in [0.1, 0.15) is 11.5 Å². The fraction of sp³-hybridized carbons (Fsp3) is 0.0667. The molecular weight excluding hydrogens is 376 g/mol. The molecule has 0 unspecified atom stereocenters. The van der Waals surface area contributed by atoms with E-state index >= 15 is 0 Å². The van der Waals surface area contributed by atoms with Crippen molar-refractivity contribution in [2.24, 2.45) is 0 Å². The summed E-state index contributed by atoms with van der Waals surface area (Å²) in [5, 5.41) is 0. The summed E-state index contributed by atoms with van der Waals surface area (Å²) in [6.45, 7) is 0. The van der Waals surface area contributed by atoms with Crippen LogP contribution in [-0.4, -0.2) is 0 Å². The number of ether oxygens (including phenoxy) is 1. The third-order valence-corrected chi connectivity index (χ3v) is 5.01. The van der Waals surface area contributed by atoms with E-state index in [1.807, 2.05) is 36.4 Å². The second-order valence-electron chi connectivity index (χ2n) is 7.42. The van der Waals surface area contributed by atoms with Gasteiger partial charge in [-0.3, -0.25) is 0 Å². The SMILES string of the molecule is C(=Cc1ccccc1)Cc1ccc(Oc2ccc(CC=Cc3ccccc3)cc2)cc1. The molecule has 152 valence electrons. The molecule has 0 saturated carbocycles. The molecule has 4 aromatic rings. The van der Waals surface area contributed by atoms with Crippen LogP contribution in [0.5, 0.6) is 11.5 Å². The summed E-state index contributed by atoms with van der Waals surface area (Å²) in [5.74, 6) is 1.71. The number of hydrogen-bond donors (Lipinski definition) is 0. The van der Waals surface area contributed by atoms with Gasteiger partial charge in [0.05, 0.1) is 0 Å². The molecule has 0 radical (unpaired) electrons. The maximum atomic E-state index is 6.00. The minimum Gasteiger partial charge on any atom is -0.457 e. The van der Waals surface area contributed by atoms with Crippen molar-refractivity contribution >= 4 is 12.2 Å². The van der Waals surface area contributed by atoms with Crippen molar-refractivity contribution in [3.63, 3.8) is 0 Å². The van der Waals surface area contributed by atoms with Crippen LogP contribution in [0.25, 0.3) is 12.2 Å². The fourth-order valence-electron chi connectivity index (χ4n) is 3.31. The zero-order valence-electron chi connectivity index (χ0n) is 17.5. The van der Waals surface area contributed by atoms with Crippen molar-refractivity contribution in [2.45, 2.75) is 12.8 Å². The van der Waals surface area contributed by atoms with Crippen molar-refractivity contribution in [3.8, 4) is 11.5 Å². The minimum atomic E-state index is 0.854. The van der Waals surface area contributed by atoms with Gasteiger partial charge in [-0.15, -0.1) is 0 Å². The molecule has 0 aliphatic rings. The highest BCUT2D eigenvalue weighted by atomic mass is 16.5. The Morgan fingerprint density at radius 1 is 0.452 bits per heavy atom. The van der Waals surface area contributed by atoms with E-state index in [2.05, 4.69) is 97.1 Å². The largest absolute Gasteiger partial charge is 0.457 e. The molecule has 0 heterocycles. The average Bonchev–Trinajstić information content (AvgIpc) is 2.83. The van der Waals surface area contributed by atoms with Gasteiger partial charge < -0.3 is 4.74 Å². The van der Waals surface area contributed by atoms with E-state index in [-0.39, 0.29) is 0 Å². The molecule has 1 nitrogen and oxygen atoms in total. The summed E-state index contributed by atoms with van der Waals surface area (Å²) in [7, 11) is 0. The Labute approximate surface area is 185 Å². The summed E-state index contributed by atoms with van der Waals surface area (Å²) in [6, 6.07) is 37.3. The van der Waals surface area contributed by atoms with Gasteiger partial charge in [-0.25, -0.2) is 0 Å². The van der Waals surface area contributed by atoms with Gasteiger partial charge in [-0.1, -0.05) is 109 Å². The van der Waals surface area contributed by atoms with Gasteiger partial charge in [0.2, 0.25) is 0 Å². The van der Waals surface area contributed by atoms with Crippen LogP contribution in [0.1, 0.15) is 22.3 Å². The van der Waals surface area contributed by atoms with E-state index in [1.165, 1.54) is 22.3 Å². The molecule has 0 aromatic heterocycles. The molecule has 0 amide bonds. The zero-order chi connectivity index (χ0) is 21.1. The summed E-state index contributed by atoms with van der Waals surface area (Å²) in [4.78, 5) is 0. The van der Waals surface area contributed by atoms with Crippen molar-refractivity contribution in [3.05, 3.63) is 144 Å². The van der Waals surface area contributed by atoms with Crippen LogP contribution in [0, 0.1) is 0 Å². The molecule has 31 heavy (non-hydrogen) atoms. The first-order valence-corrected chi connectivity index (χ1v) is 10.6. The van der Waals surface area contributed by atoms with Gasteiger partial charge in [-0.05, 0) is 59.4 Å². The van der Waals surface area contributed by atoms with Crippen LogP contribution >= 0.6 is 0 Å². The molecule has 0 aliphatic carbocycles. The van der Waals surface area contributed by atoms with Crippen LogP contribution in [0.15, 0.2) is 121 Å². The Balaban J connectivity index is 1.28. The maximum absolute atomic E-state index is 6.00. The first-order chi connectivity index (χ1) is 15.3. The van der Waals surface area contributed by atoms with E-state index in [0.29, 0.717) is 0 Å². The molecule has 0 spiro atoms. The Morgan fingerprint density at radius 2 is 0.839 bits per heavy atom. The third-order valence-electron chi connectivity index (χ3n) is 5.01. The smallest absolute Gasteiger partial charge is 0.127 e. The fourth-order valence-corrected chi connectivity index (χ4v) is 3.31. The number of benzene rings is 4. The van der Waals surface area contributed by atoms with Gasteiger partial charge in [0, 0.05) is 0 Å². The summed E-state index contributed by atoms with van der Waals surface area (Å²) < 4.78 is 6.00. The quantitative estimate of drug-likeness (QED) is 0.290. The minimum absolute atomic E-state index is 0.854. The molecule has 0 fully saturated rings. The first-order valence-electron chi connectivity index (χ1n) is 10.6. The Morgan fingerprint density at radius 3 is 1.23 bits per heavy atom. The summed E-state index contributed by atoms with van der Waals surface area (Å²) in [5.41, 5.74) is 4.98. The van der Waals surface area contributed by atoms with E-state index < -0.39 is 0 Å². The first kappa shape index (κ1) is 20.4. The highest BCUT2D eigenvalue weighted by Gasteiger charge is 1.99. The number of rotatable bonds is 8. The van der Waals surface area contributed by atoms with Crippen molar-refractivity contribution in [2.75, 3.05) is 0 Å². The monoisotopic (exact) mass is 402 g/mol. The average molecular weight is 403 g/mol. The predicted molar refractivity (Wildman–Crippen MR) is 131 cm³/mol. The maximum Gasteiger partial charge on any atom is 0.127 e. The van der Waals surface area contributed by atoms with Crippen LogP contribution < -0.4 is 4.74 Å². The molecule has 0 bridgehead atoms. The molecular formula is C30H26O. The lowest BCUT2D eigenvalue weighted by atomic mass is 10.1. The highest BCUT2D eigenvalue weighted by molar-refractivity contribution is 5.50. The second-order valence-corrected chi connectivity index (χ2v) is 7.42. The molecule has 0 saturated heterocycles. The lowest BCUT2D eigenvalue weighted by molar-refractivity contribution is 0.482. The van der Waals surface area contributed by atoms with Crippen molar-refractivity contribution in [1.29, 1.82) is 0 Å². The lowest BCUT2D eigenvalue weighted by Gasteiger charge is -2.07. The van der Waals surface area contributed by atoms with Gasteiger partial charge >= 0.3 is 0 Å². The summed E-state index contributed by atoms with van der Waals surface area (Å²) >= 11 is 0. The molecule has 4 aromatic carbocycles. The molecule has 4 rings (SSSR count). The number of allylic oxidation sites excluding steroid dienone is 2. The third kappa shape index (κ3) is 6.58. The number of hydrogen-bond acceptors (Lipinski definition) is 1. The van der Waals surface area contributed by atoms with Crippen molar-refractivity contribution < 1.29 is 4.74 Å². The van der Waals surface area contributed by atoms with Gasteiger partial charge in [0.25, 0.3) is 0 Å². The van der Waals surface area contributed by atoms with Crippen LogP contribution in [0.2, 0.25) is 0 Å². The van der Waals surface area contributed by atoms with E-state index in [0.717, 1.165) is 24.3 Å². The zero-order valence-corrected chi connectivity index (χ0v) is 17.5. The van der Waals surface area contributed by atoms with Crippen LogP contribution in [0.3, 0.4) is 0 Å². The van der Waals surface area contributed by atoms with E-state index in [9.17, 15) is 0 Å². The molecule has 1 heteroatoms. The van der Waals surface area contributed by atoms with E-state index in [1.54, 1.807) is 0 Å². The Kier molecular flexibility index (Phi) is 7.12. The predicted octanol–water partition coefficient (Wildman–Crippen LogP) is 7.99. The van der Waals surface area contributed by atoms with Gasteiger partial charge in [-0.2, -0.15) is 0 Å². The van der Waals surface area contributed by atoms with Crippen LogP contribution in [-0.2, 0) is 12.8 Å². The standard InChI is InChI=1S/C30H26O/c1-3-9-25(10-4-1)13-7-15-27-17-21-29(22-18-27)31-30-23-19-28(20-24-30)16-8-14-26-11-5-2-6-12-26/h1-14,17-24H,15-16H2. The second kappa shape index (κ2) is 10.8. The normalized spacial score (nSPS) is 11.2. The topological polar surface area (TPSA) is 9.23 Å². The highest BCUT2D eigenvalue weighted by Crippen LogP contribution is 2.22. The molecule has 0 N–H and O–H groups in total. The van der Waals surface area contributed by atoms with Crippen LogP contribution in [0.4, 0.5) is 0 Å². The van der Waals surface area contributed by atoms with Crippen molar-refractivity contribution in [1.82, 2.24) is 0 Å². The Bertz CT molecular complexity index is 1010. The summed E-state index contributed by atoms with van der Waals surface area (Å²) in [6.07, 6.45) is 10.5. The molecule has 0 atom stereocenters. The van der Waals surface area contributed by atoms with E-state index in [4.69, 9.17) is 4.74 Å². The lowest BCUT2D eigenvalue weighted by Crippen LogP contribution is -1.87. The molecule has 0 aliphatic heterocycles. The Hall–Kier alpha value is -3.84. The van der Waals surface area contributed by atoms with Gasteiger partial charge in [0.15, 0.2) is 0 Å².